The van der Waals surface area contributed by atoms with E-state index in [1.165, 1.54) is 11.8 Å². The number of hydrogen-bond donors (Lipinski definition) is 4. The SMILES string of the molecule is CN/C(C)=C(\NN)Sc1ccnc(N)c1Cl. The van der Waals surface area contributed by atoms with Crippen molar-refractivity contribution >= 4 is 29.2 Å². The van der Waals surface area contributed by atoms with Crippen LogP contribution in [-0.2, 0) is 0 Å². The second-order valence-corrected chi connectivity index (χ2v) is 4.39. The van der Waals surface area contributed by atoms with Gasteiger partial charge in [0.2, 0.25) is 0 Å². The highest BCUT2D eigenvalue weighted by Gasteiger charge is 2.09. The maximum Gasteiger partial charge on any atom is 0.143 e. The van der Waals surface area contributed by atoms with Crippen molar-refractivity contribution in [3.05, 3.63) is 28.0 Å². The standard InChI is InChI=1S/C9H14ClN5S/c1-5(13-2)9(15-12)16-6-3-4-14-8(11)7(6)10/h3-4,13,15H,12H2,1-2H3,(H2,11,14)/b9-5+. The number of pyridine rings is 1. The number of halogens is 1. The maximum atomic E-state index is 6.02. The number of nitrogens with zero attached hydrogens (tertiary/aromatic N) is 1. The summed E-state index contributed by atoms with van der Waals surface area (Å²) in [7, 11) is 1.82. The Balaban J connectivity index is 3.00. The van der Waals surface area contributed by atoms with Crippen molar-refractivity contribution in [2.45, 2.75) is 11.8 Å². The smallest absolute Gasteiger partial charge is 0.143 e. The van der Waals surface area contributed by atoms with E-state index in [4.69, 9.17) is 23.2 Å². The average molecular weight is 260 g/mol. The van der Waals surface area contributed by atoms with E-state index in [1.54, 1.807) is 12.3 Å². The fraction of sp³-hybridized carbons (Fsp3) is 0.222. The Kier molecular flexibility index (Phi) is 4.72. The third kappa shape index (κ3) is 2.94. The van der Waals surface area contributed by atoms with Gasteiger partial charge in [-0.25, -0.2) is 10.8 Å². The fourth-order valence-corrected chi connectivity index (χ4v) is 2.04. The monoisotopic (exact) mass is 259 g/mol. The first-order valence-corrected chi connectivity index (χ1v) is 5.72. The van der Waals surface area contributed by atoms with Crippen LogP contribution in [0, 0.1) is 0 Å². The summed E-state index contributed by atoms with van der Waals surface area (Å²) in [5, 5.41) is 4.20. The number of hydrazine groups is 1. The molecule has 0 aliphatic carbocycles. The van der Waals surface area contributed by atoms with Gasteiger partial charge in [0.1, 0.15) is 10.8 Å². The molecule has 0 atom stereocenters. The minimum absolute atomic E-state index is 0.310. The van der Waals surface area contributed by atoms with Crippen molar-refractivity contribution in [1.82, 2.24) is 15.7 Å². The molecule has 1 aromatic rings. The van der Waals surface area contributed by atoms with Crippen molar-refractivity contribution in [2.24, 2.45) is 5.84 Å². The summed E-state index contributed by atoms with van der Waals surface area (Å²) in [6.07, 6.45) is 1.60. The molecule has 7 heteroatoms. The number of allylic oxidation sites excluding steroid dienone is 1. The van der Waals surface area contributed by atoms with E-state index in [-0.39, 0.29) is 0 Å². The minimum atomic E-state index is 0.310. The van der Waals surface area contributed by atoms with Gasteiger partial charge in [0.05, 0.1) is 5.02 Å². The first kappa shape index (κ1) is 13.0. The highest BCUT2D eigenvalue weighted by Crippen LogP contribution is 2.34. The Bertz CT molecular complexity index is 407. The van der Waals surface area contributed by atoms with Crippen molar-refractivity contribution in [1.29, 1.82) is 0 Å². The average Bonchev–Trinajstić information content (AvgIpc) is 2.30. The molecule has 1 rings (SSSR count). The van der Waals surface area contributed by atoms with Crippen LogP contribution >= 0.6 is 23.4 Å². The van der Waals surface area contributed by atoms with E-state index in [9.17, 15) is 0 Å². The number of anilines is 1. The number of aromatic nitrogens is 1. The van der Waals surface area contributed by atoms with E-state index >= 15 is 0 Å². The molecule has 0 bridgehead atoms. The van der Waals surface area contributed by atoms with Gasteiger partial charge in [0.15, 0.2) is 0 Å². The third-order valence-electron chi connectivity index (χ3n) is 1.94. The van der Waals surface area contributed by atoms with Crippen molar-refractivity contribution in [3.8, 4) is 0 Å². The van der Waals surface area contributed by atoms with E-state index in [0.29, 0.717) is 10.8 Å². The lowest BCUT2D eigenvalue weighted by Crippen LogP contribution is -2.23. The number of thioether (sulfide) groups is 1. The van der Waals surface area contributed by atoms with Gasteiger partial charge in [-0.1, -0.05) is 23.4 Å². The van der Waals surface area contributed by atoms with Crippen LogP contribution in [0.3, 0.4) is 0 Å². The minimum Gasteiger partial charge on any atom is -0.390 e. The van der Waals surface area contributed by atoms with Crippen LogP contribution in [0.15, 0.2) is 27.9 Å². The Labute approximate surface area is 104 Å². The summed E-state index contributed by atoms with van der Waals surface area (Å²) in [5.74, 6) is 5.74. The van der Waals surface area contributed by atoms with Gasteiger partial charge in [0.25, 0.3) is 0 Å². The zero-order valence-corrected chi connectivity index (χ0v) is 10.6. The molecule has 0 aromatic carbocycles. The third-order valence-corrected chi connectivity index (χ3v) is 3.64. The number of nitrogens with two attached hydrogens (primary N) is 2. The number of nitrogen functional groups attached to an aromatic ring is 1. The molecular weight excluding hydrogens is 246 g/mol. The van der Waals surface area contributed by atoms with Crippen molar-refractivity contribution in [2.75, 3.05) is 12.8 Å². The maximum absolute atomic E-state index is 6.02. The van der Waals surface area contributed by atoms with Gasteiger partial charge in [-0.3, -0.25) is 0 Å². The summed E-state index contributed by atoms with van der Waals surface area (Å²) in [4.78, 5) is 4.69. The number of hydrogen-bond acceptors (Lipinski definition) is 6. The quantitative estimate of drug-likeness (QED) is 0.370. The molecule has 0 saturated heterocycles. The molecule has 0 aliphatic rings. The second-order valence-electron chi connectivity index (χ2n) is 2.96. The molecular formula is C9H14ClN5S. The summed E-state index contributed by atoms with van der Waals surface area (Å²) in [5.41, 5.74) is 9.13. The van der Waals surface area contributed by atoms with Crippen LogP contribution in [0.25, 0.3) is 0 Å². The molecule has 0 saturated carbocycles. The molecule has 0 fully saturated rings. The molecule has 0 unspecified atom stereocenters. The van der Waals surface area contributed by atoms with Crippen molar-refractivity contribution in [3.63, 3.8) is 0 Å². The highest BCUT2D eigenvalue weighted by atomic mass is 35.5. The van der Waals surface area contributed by atoms with Gasteiger partial charge in [-0.15, -0.1) is 0 Å². The van der Waals surface area contributed by atoms with Gasteiger partial charge in [0, 0.05) is 23.8 Å². The fourth-order valence-electron chi connectivity index (χ4n) is 0.958. The molecule has 0 amide bonds. The molecule has 5 nitrogen and oxygen atoms in total. The highest BCUT2D eigenvalue weighted by molar-refractivity contribution is 8.03. The lowest BCUT2D eigenvalue weighted by molar-refractivity contribution is 0.880. The van der Waals surface area contributed by atoms with Crippen molar-refractivity contribution < 1.29 is 0 Å². The molecule has 16 heavy (non-hydrogen) atoms. The Morgan fingerprint density at radius 3 is 2.81 bits per heavy atom. The zero-order valence-electron chi connectivity index (χ0n) is 9.04. The van der Waals surface area contributed by atoms with Gasteiger partial charge < -0.3 is 16.5 Å². The van der Waals surface area contributed by atoms with E-state index in [1.807, 2.05) is 14.0 Å². The van der Waals surface area contributed by atoms with E-state index in [0.717, 1.165) is 15.6 Å². The van der Waals surface area contributed by atoms with Gasteiger partial charge in [-0.05, 0) is 13.0 Å². The molecule has 88 valence electrons. The normalized spacial score (nSPS) is 12.0. The van der Waals surface area contributed by atoms with Crippen LogP contribution in [0.2, 0.25) is 5.02 Å². The Morgan fingerprint density at radius 1 is 1.56 bits per heavy atom. The predicted molar refractivity (Wildman–Crippen MR) is 68.6 cm³/mol. The summed E-state index contributed by atoms with van der Waals surface area (Å²) >= 11 is 7.41. The van der Waals surface area contributed by atoms with Crippen LogP contribution in [0.1, 0.15) is 6.92 Å². The zero-order chi connectivity index (χ0) is 12.1. The van der Waals surface area contributed by atoms with Gasteiger partial charge >= 0.3 is 0 Å². The van der Waals surface area contributed by atoms with E-state index in [2.05, 4.69) is 15.7 Å². The Morgan fingerprint density at radius 2 is 2.25 bits per heavy atom. The van der Waals surface area contributed by atoms with Crippen LogP contribution in [0.4, 0.5) is 5.82 Å². The number of nitrogens with one attached hydrogen (secondary N) is 2. The van der Waals surface area contributed by atoms with Crippen LogP contribution in [-0.4, -0.2) is 12.0 Å². The molecule has 0 aliphatic heterocycles. The second kappa shape index (κ2) is 5.83. The first-order chi connectivity index (χ1) is 7.60. The van der Waals surface area contributed by atoms with Crippen LogP contribution < -0.4 is 22.3 Å². The van der Waals surface area contributed by atoms with Crippen LogP contribution in [0.5, 0.6) is 0 Å². The molecule has 1 heterocycles. The lowest BCUT2D eigenvalue weighted by atomic mass is 10.5. The molecule has 1 aromatic heterocycles. The summed E-state index contributed by atoms with van der Waals surface area (Å²) in [6, 6.07) is 1.78. The van der Waals surface area contributed by atoms with Gasteiger partial charge in [-0.2, -0.15) is 0 Å². The van der Waals surface area contributed by atoms with E-state index < -0.39 is 0 Å². The lowest BCUT2D eigenvalue weighted by Gasteiger charge is -2.11. The molecule has 0 spiro atoms. The first-order valence-electron chi connectivity index (χ1n) is 4.53. The summed E-state index contributed by atoms with van der Waals surface area (Å²) in [6.45, 7) is 1.90. The predicted octanol–water partition coefficient (Wildman–Crippen LogP) is 1.28. The largest absolute Gasteiger partial charge is 0.390 e. The summed E-state index contributed by atoms with van der Waals surface area (Å²) < 4.78 is 0. The molecule has 6 N–H and O–H groups in total. The number of rotatable bonds is 4. The topological polar surface area (TPSA) is 89.0 Å². The Hall–Kier alpha value is -1.11. The molecule has 0 radical (unpaired) electrons.